The first kappa shape index (κ1) is 17.4. The van der Waals surface area contributed by atoms with Gasteiger partial charge in [-0.1, -0.05) is 23.8 Å². The van der Waals surface area contributed by atoms with E-state index >= 15 is 0 Å². The van der Waals surface area contributed by atoms with Gasteiger partial charge in [0.05, 0.1) is 12.3 Å². The second kappa shape index (κ2) is 7.33. The number of nitrogens with zero attached hydrogens (tertiary/aromatic N) is 2. The van der Waals surface area contributed by atoms with E-state index in [4.69, 9.17) is 9.72 Å². The summed E-state index contributed by atoms with van der Waals surface area (Å²) in [5, 5.41) is 3.41. The van der Waals surface area contributed by atoms with E-state index in [-0.39, 0.29) is 18.5 Å². The third-order valence-electron chi connectivity index (χ3n) is 5.42. The summed E-state index contributed by atoms with van der Waals surface area (Å²) in [6, 6.07) is 9.89. The summed E-state index contributed by atoms with van der Waals surface area (Å²) in [5.74, 6) is 0.820. The summed E-state index contributed by atoms with van der Waals surface area (Å²) in [6.45, 7) is 7.40. The molecule has 26 heavy (non-hydrogen) atoms. The van der Waals surface area contributed by atoms with Crippen molar-refractivity contribution in [1.82, 2.24) is 10.3 Å². The van der Waals surface area contributed by atoms with Gasteiger partial charge in [-0.2, -0.15) is 0 Å². The monoisotopic (exact) mass is 355 g/mol. The molecule has 2 aliphatic rings. The Morgan fingerprint density at radius 2 is 2.19 bits per heavy atom. The summed E-state index contributed by atoms with van der Waals surface area (Å²) in [4.78, 5) is 7.29. The molecule has 138 valence electrons. The summed E-state index contributed by atoms with van der Waals surface area (Å²) >= 11 is 0. The van der Waals surface area contributed by atoms with E-state index in [9.17, 15) is 4.39 Å². The number of rotatable bonds is 4. The minimum Gasteiger partial charge on any atom is -0.367 e. The summed E-state index contributed by atoms with van der Waals surface area (Å²) in [5.41, 5.74) is 3.95. The molecule has 0 unspecified atom stereocenters. The average Bonchev–Trinajstić information content (AvgIpc) is 3.05. The van der Waals surface area contributed by atoms with Gasteiger partial charge in [0.25, 0.3) is 0 Å². The molecule has 1 aromatic carbocycles. The number of hydrogen-bond acceptors (Lipinski definition) is 4. The maximum atomic E-state index is 14.0. The van der Waals surface area contributed by atoms with Crippen LogP contribution in [0.4, 0.5) is 10.2 Å². The Kier molecular flexibility index (Phi) is 4.92. The molecule has 2 atom stereocenters. The molecule has 0 saturated carbocycles. The molecule has 1 aromatic heterocycles. The van der Waals surface area contributed by atoms with E-state index < -0.39 is 0 Å². The number of aryl methyl sites for hydroxylation is 2. The number of halogens is 1. The Labute approximate surface area is 154 Å². The van der Waals surface area contributed by atoms with Crippen molar-refractivity contribution >= 4 is 5.82 Å². The molecule has 1 N–H and O–H groups in total. The molecule has 4 rings (SSSR count). The lowest BCUT2D eigenvalue weighted by atomic mass is 10.1. The van der Waals surface area contributed by atoms with E-state index in [2.05, 4.69) is 29.3 Å². The first-order chi connectivity index (χ1) is 12.6. The molecule has 0 spiro atoms. The highest BCUT2D eigenvalue weighted by Crippen LogP contribution is 2.35. The Morgan fingerprint density at radius 1 is 1.31 bits per heavy atom. The average molecular weight is 355 g/mol. The molecule has 1 aliphatic carbocycles. The zero-order valence-corrected chi connectivity index (χ0v) is 15.5. The SMILES string of the molecule is Cc1ccc(F)c(CO[C@H]2CCc3ccc(N4CCNC[C@H]4C)nc32)c1. The highest BCUT2D eigenvalue weighted by Gasteiger charge is 2.27. The van der Waals surface area contributed by atoms with E-state index in [1.807, 2.05) is 13.0 Å². The van der Waals surface area contributed by atoms with Gasteiger partial charge in [-0.05, 0) is 44.4 Å². The Hall–Kier alpha value is -1.98. The number of pyridine rings is 1. The van der Waals surface area contributed by atoms with Crippen molar-refractivity contribution in [3.05, 3.63) is 58.5 Å². The van der Waals surface area contributed by atoms with Crippen LogP contribution in [0, 0.1) is 12.7 Å². The van der Waals surface area contributed by atoms with Crippen LogP contribution in [0.25, 0.3) is 0 Å². The topological polar surface area (TPSA) is 37.4 Å². The van der Waals surface area contributed by atoms with Crippen molar-refractivity contribution in [3.63, 3.8) is 0 Å². The van der Waals surface area contributed by atoms with Crippen molar-refractivity contribution in [2.75, 3.05) is 24.5 Å². The van der Waals surface area contributed by atoms with Gasteiger partial charge < -0.3 is 15.0 Å². The number of piperazine rings is 1. The minimum atomic E-state index is -0.204. The van der Waals surface area contributed by atoms with Crippen molar-refractivity contribution in [1.29, 1.82) is 0 Å². The molecular weight excluding hydrogens is 329 g/mol. The molecule has 2 aromatic rings. The predicted octanol–water partition coefficient (Wildman–Crippen LogP) is 3.53. The maximum Gasteiger partial charge on any atom is 0.129 e. The third kappa shape index (κ3) is 3.46. The second-order valence-electron chi connectivity index (χ2n) is 7.39. The first-order valence-corrected chi connectivity index (χ1v) is 9.45. The van der Waals surface area contributed by atoms with Gasteiger partial charge in [0.15, 0.2) is 0 Å². The molecule has 0 amide bonds. The molecule has 4 nitrogen and oxygen atoms in total. The number of aromatic nitrogens is 1. The molecule has 1 saturated heterocycles. The van der Waals surface area contributed by atoms with E-state index in [1.165, 1.54) is 11.6 Å². The van der Waals surface area contributed by atoms with Crippen molar-refractivity contribution < 1.29 is 9.13 Å². The highest BCUT2D eigenvalue weighted by molar-refractivity contribution is 5.45. The fourth-order valence-corrected chi connectivity index (χ4v) is 3.91. The van der Waals surface area contributed by atoms with Crippen LogP contribution in [0.15, 0.2) is 30.3 Å². The van der Waals surface area contributed by atoms with Gasteiger partial charge in [-0.25, -0.2) is 9.37 Å². The second-order valence-corrected chi connectivity index (χ2v) is 7.39. The smallest absolute Gasteiger partial charge is 0.129 e. The van der Waals surface area contributed by atoms with Crippen LogP contribution in [0.2, 0.25) is 0 Å². The van der Waals surface area contributed by atoms with E-state index in [0.29, 0.717) is 11.6 Å². The third-order valence-corrected chi connectivity index (χ3v) is 5.42. The van der Waals surface area contributed by atoms with Gasteiger partial charge >= 0.3 is 0 Å². The molecule has 0 bridgehead atoms. The Bertz CT molecular complexity index is 795. The van der Waals surface area contributed by atoms with Gasteiger partial charge in [-0.15, -0.1) is 0 Å². The Balaban J connectivity index is 1.51. The lowest BCUT2D eigenvalue weighted by Gasteiger charge is -2.35. The van der Waals surface area contributed by atoms with Gasteiger partial charge in [0.2, 0.25) is 0 Å². The number of nitrogens with one attached hydrogen (secondary N) is 1. The molecule has 0 radical (unpaired) electrons. The van der Waals surface area contributed by atoms with E-state index in [1.54, 1.807) is 6.07 Å². The van der Waals surface area contributed by atoms with Gasteiger partial charge in [0.1, 0.15) is 17.7 Å². The number of benzene rings is 1. The summed E-state index contributed by atoms with van der Waals surface area (Å²) < 4.78 is 20.1. The van der Waals surface area contributed by atoms with Crippen LogP contribution in [-0.4, -0.2) is 30.7 Å². The van der Waals surface area contributed by atoms with Crippen LogP contribution < -0.4 is 10.2 Å². The molecular formula is C21H26FN3O. The van der Waals surface area contributed by atoms with Crippen LogP contribution in [0.3, 0.4) is 0 Å². The zero-order valence-electron chi connectivity index (χ0n) is 15.5. The maximum absolute atomic E-state index is 14.0. The Morgan fingerprint density at radius 3 is 3.04 bits per heavy atom. The molecule has 1 aliphatic heterocycles. The van der Waals surface area contributed by atoms with E-state index in [0.717, 1.165) is 49.6 Å². The largest absolute Gasteiger partial charge is 0.367 e. The van der Waals surface area contributed by atoms with Crippen LogP contribution >= 0.6 is 0 Å². The lowest BCUT2D eigenvalue weighted by Crippen LogP contribution is -2.50. The standard InChI is InChI=1S/C21H26FN3O/c1-14-3-6-18(22)17(11-14)13-26-19-7-4-16-5-8-20(24-21(16)19)25-10-9-23-12-15(25)2/h3,5-6,8,11,15,19,23H,4,7,9-10,12-13H2,1-2H3/t15-,19+/m1/s1. The summed E-state index contributed by atoms with van der Waals surface area (Å²) in [6.07, 6.45) is 1.83. The van der Waals surface area contributed by atoms with Gasteiger partial charge in [-0.3, -0.25) is 0 Å². The molecule has 5 heteroatoms. The van der Waals surface area contributed by atoms with Crippen LogP contribution in [0.1, 0.15) is 41.8 Å². The number of hydrogen-bond donors (Lipinski definition) is 1. The van der Waals surface area contributed by atoms with Crippen molar-refractivity contribution in [3.8, 4) is 0 Å². The zero-order chi connectivity index (χ0) is 18.1. The first-order valence-electron chi connectivity index (χ1n) is 9.45. The van der Waals surface area contributed by atoms with Crippen molar-refractivity contribution in [2.24, 2.45) is 0 Å². The number of ether oxygens (including phenoxy) is 1. The highest BCUT2D eigenvalue weighted by atomic mass is 19.1. The predicted molar refractivity (Wildman–Crippen MR) is 101 cm³/mol. The van der Waals surface area contributed by atoms with Crippen LogP contribution in [0.5, 0.6) is 0 Å². The summed E-state index contributed by atoms with van der Waals surface area (Å²) in [7, 11) is 0. The number of anilines is 1. The molecule has 1 fully saturated rings. The minimum absolute atomic E-state index is 0.0527. The van der Waals surface area contributed by atoms with Crippen LogP contribution in [-0.2, 0) is 17.8 Å². The van der Waals surface area contributed by atoms with Crippen molar-refractivity contribution in [2.45, 2.75) is 45.4 Å². The van der Waals surface area contributed by atoms with Gasteiger partial charge in [0, 0.05) is 31.2 Å². The lowest BCUT2D eigenvalue weighted by molar-refractivity contribution is 0.0370. The fraction of sp³-hybridized carbons (Fsp3) is 0.476. The quantitative estimate of drug-likeness (QED) is 0.910. The fourth-order valence-electron chi connectivity index (χ4n) is 3.91. The normalized spacial score (nSPS) is 22.5. The molecule has 2 heterocycles. The number of fused-ring (bicyclic) bond motifs is 1.